The number of hydrogen-bond donors (Lipinski definition) is 3. The molecule has 0 fully saturated rings. The minimum atomic E-state index is 0.637. The van der Waals surface area contributed by atoms with E-state index in [9.17, 15) is 0 Å². The molecule has 0 saturated carbocycles. The van der Waals surface area contributed by atoms with Crippen molar-refractivity contribution in [2.45, 2.75) is 19.4 Å². The van der Waals surface area contributed by atoms with E-state index in [1.54, 1.807) is 0 Å². The fourth-order valence-electron chi connectivity index (χ4n) is 4.41. The van der Waals surface area contributed by atoms with Crippen LogP contribution in [-0.4, -0.2) is 38.2 Å². The third-order valence-corrected chi connectivity index (χ3v) is 5.96. The number of nitrogens with zero attached hydrogens (tertiary/aromatic N) is 4. The van der Waals surface area contributed by atoms with E-state index in [4.69, 9.17) is 4.98 Å². The first-order chi connectivity index (χ1) is 15.3. The molecule has 7 nitrogen and oxygen atoms in total. The summed E-state index contributed by atoms with van der Waals surface area (Å²) in [5.74, 6) is 1.59. The van der Waals surface area contributed by atoms with Gasteiger partial charge in [-0.05, 0) is 23.6 Å². The van der Waals surface area contributed by atoms with Crippen molar-refractivity contribution in [3.63, 3.8) is 0 Å². The molecule has 0 saturated heterocycles. The molecule has 3 N–H and O–H groups in total. The van der Waals surface area contributed by atoms with E-state index < -0.39 is 0 Å². The maximum absolute atomic E-state index is 4.90. The molecular weight excluding hydrogens is 386 g/mol. The lowest BCUT2D eigenvalue weighted by molar-refractivity contribution is 0.747. The monoisotopic (exact) mass is 409 g/mol. The van der Waals surface area contributed by atoms with Crippen LogP contribution in [0.5, 0.6) is 0 Å². The van der Waals surface area contributed by atoms with E-state index in [-0.39, 0.29) is 0 Å². The summed E-state index contributed by atoms with van der Waals surface area (Å²) in [6, 6.07) is 18.9. The lowest BCUT2D eigenvalue weighted by atomic mass is 10.1. The predicted octanol–water partition coefficient (Wildman–Crippen LogP) is 4.05. The normalized spacial score (nSPS) is 13.2. The van der Waals surface area contributed by atoms with Crippen LogP contribution in [0, 0.1) is 0 Å². The summed E-state index contributed by atoms with van der Waals surface area (Å²) in [5, 5.41) is 13.3. The van der Waals surface area contributed by atoms with Gasteiger partial charge >= 0.3 is 0 Å². The van der Waals surface area contributed by atoms with Crippen molar-refractivity contribution in [1.82, 2.24) is 25.1 Å². The smallest absolute Gasteiger partial charge is 0.226 e. The SMILES string of the molecule is c1ccc(CN2CCc3n[nH]c4nc(NCCc5c[nH]c6ccccc56)nc2c34)cc1. The molecule has 0 spiro atoms. The molecule has 2 aromatic carbocycles. The van der Waals surface area contributed by atoms with Gasteiger partial charge in [-0.15, -0.1) is 0 Å². The highest BCUT2D eigenvalue weighted by Gasteiger charge is 2.24. The molecule has 6 rings (SSSR count). The topological polar surface area (TPSA) is 85.5 Å². The van der Waals surface area contributed by atoms with Gasteiger partial charge in [0.05, 0.1) is 11.1 Å². The van der Waals surface area contributed by atoms with Crippen molar-refractivity contribution in [1.29, 1.82) is 0 Å². The van der Waals surface area contributed by atoms with Crippen molar-refractivity contribution in [3.05, 3.63) is 77.6 Å². The van der Waals surface area contributed by atoms with E-state index in [1.165, 1.54) is 22.0 Å². The molecule has 0 aliphatic carbocycles. The summed E-state index contributed by atoms with van der Waals surface area (Å²) < 4.78 is 0. The highest BCUT2D eigenvalue weighted by molar-refractivity contribution is 5.91. The van der Waals surface area contributed by atoms with Gasteiger partial charge in [-0.3, -0.25) is 5.10 Å². The molecule has 5 aromatic rings. The highest BCUT2D eigenvalue weighted by Crippen LogP contribution is 2.32. The number of rotatable bonds is 6. The van der Waals surface area contributed by atoms with Crippen molar-refractivity contribution in [2.75, 3.05) is 23.3 Å². The molecule has 4 heterocycles. The molecule has 1 aliphatic rings. The quantitative estimate of drug-likeness (QED) is 0.394. The van der Waals surface area contributed by atoms with Gasteiger partial charge in [-0.1, -0.05) is 48.5 Å². The second kappa shape index (κ2) is 7.43. The van der Waals surface area contributed by atoms with Crippen LogP contribution in [0.2, 0.25) is 0 Å². The van der Waals surface area contributed by atoms with Crippen molar-refractivity contribution >= 4 is 33.7 Å². The number of aromatic nitrogens is 5. The minimum Gasteiger partial charge on any atom is -0.361 e. The van der Waals surface area contributed by atoms with Crippen LogP contribution in [0.15, 0.2) is 60.8 Å². The number of hydrogen-bond acceptors (Lipinski definition) is 5. The summed E-state index contributed by atoms with van der Waals surface area (Å²) in [7, 11) is 0. The van der Waals surface area contributed by atoms with Crippen LogP contribution in [0.3, 0.4) is 0 Å². The van der Waals surface area contributed by atoms with Gasteiger partial charge in [0, 0.05) is 43.2 Å². The molecule has 0 amide bonds. The van der Waals surface area contributed by atoms with Crippen LogP contribution >= 0.6 is 0 Å². The Hall–Kier alpha value is -3.87. The summed E-state index contributed by atoms with van der Waals surface area (Å²) in [6.45, 7) is 2.48. The molecule has 31 heavy (non-hydrogen) atoms. The number of anilines is 2. The first-order valence-corrected chi connectivity index (χ1v) is 10.7. The molecule has 7 heteroatoms. The van der Waals surface area contributed by atoms with Gasteiger partial charge in [-0.2, -0.15) is 15.1 Å². The lowest BCUT2D eigenvalue weighted by Crippen LogP contribution is -2.29. The maximum atomic E-state index is 4.90. The standard InChI is InChI=1S/C24H23N7/c1-2-6-16(7-3-1)15-31-13-11-20-21-22(30-29-20)27-24(28-23(21)31)25-12-10-17-14-26-19-9-5-4-8-18(17)19/h1-9,14,26H,10-13,15H2,(H2,25,27,28,29,30). The van der Waals surface area contributed by atoms with E-state index >= 15 is 0 Å². The maximum Gasteiger partial charge on any atom is 0.226 e. The molecule has 0 bridgehead atoms. The molecule has 154 valence electrons. The summed E-state index contributed by atoms with van der Waals surface area (Å²) in [5.41, 5.74) is 5.59. The Bertz CT molecular complexity index is 1350. The lowest BCUT2D eigenvalue weighted by Gasteiger charge is -2.28. The van der Waals surface area contributed by atoms with Gasteiger partial charge in [0.2, 0.25) is 5.95 Å². The number of nitrogens with one attached hydrogen (secondary N) is 3. The second-order valence-corrected chi connectivity index (χ2v) is 7.96. The van der Waals surface area contributed by atoms with E-state index in [1.807, 2.05) is 6.07 Å². The van der Waals surface area contributed by atoms with Crippen LogP contribution in [-0.2, 0) is 19.4 Å². The van der Waals surface area contributed by atoms with Crippen molar-refractivity contribution in [2.24, 2.45) is 0 Å². The fraction of sp³-hybridized carbons (Fsp3) is 0.208. The number of benzene rings is 2. The highest BCUT2D eigenvalue weighted by atomic mass is 15.3. The van der Waals surface area contributed by atoms with Gasteiger partial charge in [0.1, 0.15) is 5.82 Å². The Morgan fingerprint density at radius 3 is 2.81 bits per heavy atom. The number of fused-ring (bicyclic) bond motifs is 1. The van der Waals surface area contributed by atoms with Crippen molar-refractivity contribution < 1.29 is 0 Å². The Morgan fingerprint density at radius 1 is 1.00 bits per heavy atom. The zero-order chi connectivity index (χ0) is 20.6. The van der Waals surface area contributed by atoms with Gasteiger partial charge in [-0.25, -0.2) is 0 Å². The van der Waals surface area contributed by atoms with Gasteiger partial charge in [0.15, 0.2) is 5.65 Å². The fourth-order valence-corrected chi connectivity index (χ4v) is 4.41. The number of aromatic amines is 2. The second-order valence-electron chi connectivity index (χ2n) is 7.96. The van der Waals surface area contributed by atoms with Crippen molar-refractivity contribution in [3.8, 4) is 0 Å². The first kappa shape index (κ1) is 17.9. The number of para-hydroxylation sites is 1. The van der Waals surface area contributed by atoms with E-state index in [0.717, 1.165) is 55.0 Å². The Kier molecular flexibility index (Phi) is 4.30. The van der Waals surface area contributed by atoms with Gasteiger partial charge < -0.3 is 15.2 Å². The molecule has 3 aromatic heterocycles. The third kappa shape index (κ3) is 3.28. The van der Waals surface area contributed by atoms with Crippen LogP contribution in [0.1, 0.15) is 16.8 Å². The summed E-state index contributed by atoms with van der Waals surface area (Å²) in [4.78, 5) is 15.3. The molecular formula is C24H23N7. The first-order valence-electron chi connectivity index (χ1n) is 10.7. The molecule has 0 unspecified atom stereocenters. The minimum absolute atomic E-state index is 0.637. The zero-order valence-electron chi connectivity index (χ0n) is 17.1. The summed E-state index contributed by atoms with van der Waals surface area (Å²) in [6.07, 6.45) is 3.88. The van der Waals surface area contributed by atoms with Crippen LogP contribution in [0.25, 0.3) is 21.9 Å². The average molecular weight is 409 g/mol. The number of H-pyrrole nitrogens is 2. The van der Waals surface area contributed by atoms with E-state index in [0.29, 0.717) is 5.95 Å². The Morgan fingerprint density at radius 2 is 1.87 bits per heavy atom. The zero-order valence-corrected chi connectivity index (χ0v) is 17.1. The Labute approximate surface area is 179 Å². The predicted molar refractivity (Wildman–Crippen MR) is 123 cm³/mol. The largest absolute Gasteiger partial charge is 0.361 e. The van der Waals surface area contributed by atoms with Crippen LogP contribution < -0.4 is 10.2 Å². The third-order valence-electron chi connectivity index (χ3n) is 5.96. The van der Waals surface area contributed by atoms with E-state index in [2.05, 4.69) is 85.1 Å². The molecule has 0 atom stereocenters. The van der Waals surface area contributed by atoms with Crippen LogP contribution in [0.4, 0.5) is 11.8 Å². The summed E-state index contributed by atoms with van der Waals surface area (Å²) >= 11 is 0. The van der Waals surface area contributed by atoms with Gasteiger partial charge in [0.25, 0.3) is 0 Å². The molecule has 1 aliphatic heterocycles. The average Bonchev–Trinajstić information content (AvgIpc) is 3.41. The molecule has 0 radical (unpaired) electrons. The Balaban J connectivity index is 1.25.